The molecule has 0 saturated carbocycles. The number of hydrogen-bond acceptors (Lipinski definition) is 2. The Morgan fingerprint density at radius 3 is 2.79 bits per heavy atom. The minimum atomic E-state index is 0.260. The number of aliphatic imine (C=N–C) groups is 1. The number of halogens is 1. The molecule has 2 aromatic rings. The molecule has 0 amide bonds. The first-order valence-corrected chi connectivity index (χ1v) is 6.88. The van der Waals surface area contributed by atoms with Crippen LogP contribution >= 0.6 is 11.6 Å². The maximum absolute atomic E-state index is 6.17. The first kappa shape index (κ1) is 11.1. The lowest BCUT2D eigenvalue weighted by Gasteiger charge is -2.23. The largest absolute Gasteiger partial charge is 0.343 e. The lowest BCUT2D eigenvalue weighted by molar-refractivity contribution is 0.406. The molecule has 2 aliphatic rings. The standard InChI is InChI=1S/C16H13ClN2/c17-12-6-7-13-14(10-12)15(11-4-2-1-3-5-11)19-9-8-18-16(13)19/h1-7,10,15H,8-9H2. The normalized spacial score (nSPS) is 20.2. The summed E-state index contributed by atoms with van der Waals surface area (Å²) in [5.74, 6) is 1.13. The van der Waals surface area contributed by atoms with Crippen molar-refractivity contribution >= 4 is 17.4 Å². The smallest absolute Gasteiger partial charge is 0.132 e. The lowest BCUT2D eigenvalue weighted by Crippen LogP contribution is -2.26. The zero-order valence-electron chi connectivity index (χ0n) is 10.4. The Labute approximate surface area is 117 Å². The Morgan fingerprint density at radius 1 is 1.11 bits per heavy atom. The minimum absolute atomic E-state index is 0.260. The van der Waals surface area contributed by atoms with Gasteiger partial charge in [-0.15, -0.1) is 0 Å². The Hall–Kier alpha value is -1.80. The molecule has 3 heteroatoms. The van der Waals surface area contributed by atoms with E-state index in [4.69, 9.17) is 11.6 Å². The van der Waals surface area contributed by atoms with Crippen LogP contribution in [-0.2, 0) is 0 Å². The van der Waals surface area contributed by atoms with Crippen LogP contribution in [0.2, 0.25) is 5.02 Å². The average molecular weight is 269 g/mol. The molecule has 0 saturated heterocycles. The summed E-state index contributed by atoms with van der Waals surface area (Å²) in [7, 11) is 0. The quantitative estimate of drug-likeness (QED) is 0.773. The molecule has 1 atom stereocenters. The second-order valence-corrected chi connectivity index (χ2v) is 5.38. The lowest BCUT2D eigenvalue weighted by atomic mass is 9.98. The van der Waals surface area contributed by atoms with E-state index in [0.717, 1.165) is 23.9 Å². The van der Waals surface area contributed by atoms with Crippen molar-refractivity contribution in [2.45, 2.75) is 6.04 Å². The molecule has 0 aliphatic carbocycles. The topological polar surface area (TPSA) is 15.6 Å². The summed E-state index contributed by atoms with van der Waals surface area (Å²) in [6.45, 7) is 1.88. The number of fused-ring (bicyclic) bond motifs is 3. The van der Waals surface area contributed by atoms with E-state index in [1.165, 1.54) is 16.7 Å². The highest BCUT2D eigenvalue weighted by Crippen LogP contribution is 2.41. The Morgan fingerprint density at radius 2 is 1.95 bits per heavy atom. The van der Waals surface area contributed by atoms with Gasteiger partial charge < -0.3 is 4.90 Å². The van der Waals surface area contributed by atoms with Gasteiger partial charge in [0, 0.05) is 17.1 Å². The molecule has 2 aliphatic heterocycles. The molecule has 0 radical (unpaired) electrons. The van der Waals surface area contributed by atoms with E-state index in [2.05, 4.69) is 52.4 Å². The Kier molecular flexibility index (Phi) is 2.39. The monoisotopic (exact) mass is 268 g/mol. The van der Waals surface area contributed by atoms with Crippen LogP contribution in [0.15, 0.2) is 53.5 Å². The maximum Gasteiger partial charge on any atom is 0.132 e. The van der Waals surface area contributed by atoms with Crippen molar-refractivity contribution in [2.75, 3.05) is 13.1 Å². The molecule has 2 nitrogen and oxygen atoms in total. The first-order chi connectivity index (χ1) is 9.34. The van der Waals surface area contributed by atoms with E-state index >= 15 is 0 Å². The molecule has 19 heavy (non-hydrogen) atoms. The van der Waals surface area contributed by atoms with Crippen LogP contribution in [-0.4, -0.2) is 23.8 Å². The second kappa shape index (κ2) is 4.10. The van der Waals surface area contributed by atoms with E-state index in [1.807, 2.05) is 6.07 Å². The van der Waals surface area contributed by atoms with E-state index in [0.29, 0.717) is 0 Å². The number of hydrogen-bond donors (Lipinski definition) is 0. The molecule has 0 bridgehead atoms. The van der Waals surface area contributed by atoms with E-state index in [1.54, 1.807) is 0 Å². The van der Waals surface area contributed by atoms with Crippen LogP contribution in [0.1, 0.15) is 22.7 Å². The molecule has 2 heterocycles. The predicted octanol–water partition coefficient (Wildman–Crippen LogP) is 3.51. The molecule has 94 valence electrons. The molecule has 0 aromatic heterocycles. The average Bonchev–Trinajstić information content (AvgIpc) is 2.99. The summed E-state index contributed by atoms with van der Waals surface area (Å²) in [6, 6.07) is 17.0. The van der Waals surface area contributed by atoms with Gasteiger partial charge in [0.1, 0.15) is 5.84 Å². The summed E-state index contributed by atoms with van der Waals surface area (Å²) < 4.78 is 0. The van der Waals surface area contributed by atoms with Crippen molar-refractivity contribution in [1.29, 1.82) is 0 Å². The molecular weight excluding hydrogens is 256 g/mol. The van der Waals surface area contributed by atoms with Gasteiger partial charge in [-0.1, -0.05) is 41.9 Å². The van der Waals surface area contributed by atoms with Crippen molar-refractivity contribution in [3.8, 4) is 0 Å². The summed E-state index contributed by atoms with van der Waals surface area (Å²) in [5.41, 5.74) is 3.81. The molecule has 4 rings (SSSR count). The van der Waals surface area contributed by atoms with Crippen LogP contribution in [0.4, 0.5) is 0 Å². The third-order valence-electron chi connectivity index (χ3n) is 3.85. The van der Waals surface area contributed by atoms with Gasteiger partial charge in [-0.3, -0.25) is 4.99 Å². The van der Waals surface area contributed by atoms with E-state index < -0.39 is 0 Å². The fourth-order valence-electron chi connectivity index (χ4n) is 3.08. The van der Waals surface area contributed by atoms with Crippen LogP contribution in [0.3, 0.4) is 0 Å². The molecule has 0 fully saturated rings. The minimum Gasteiger partial charge on any atom is -0.343 e. The maximum atomic E-state index is 6.17. The van der Waals surface area contributed by atoms with Gasteiger partial charge in [-0.2, -0.15) is 0 Å². The Bertz CT molecular complexity index is 664. The van der Waals surface area contributed by atoms with Crippen molar-refractivity contribution in [1.82, 2.24) is 4.90 Å². The van der Waals surface area contributed by atoms with Gasteiger partial charge in [-0.25, -0.2) is 0 Å². The predicted molar refractivity (Wildman–Crippen MR) is 77.8 cm³/mol. The fourth-order valence-corrected chi connectivity index (χ4v) is 3.26. The molecule has 0 spiro atoms. The number of benzene rings is 2. The summed E-state index contributed by atoms with van der Waals surface area (Å²) in [6.07, 6.45) is 0. The molecule has 0 N–H and O–H groups in total. The van der Waals surface area contributed by atoms with Gasteiger partial charge >= 0.3 is 0 Å². The summed E-state index contributed by atoms with van der Waals surface area (Å²) in [5, 5.41) is 0.793. The number of amidine groups is 1. The van der Waals surface area contributed by atoms with Gasteiger partial charge in [0.15, 0.2) is 0 Å². The third-order valence-corrected chi connectivity index (χ3v) is 4.09. The fraction of sp³-hybridized carbons (Fsp3) is 0.188. The highest BCUT2D eigenvalue weighted by Gasteiger charge is 2.37. The van der Waals surface area contributed by atoms with Crippen molar-refractivity contribution in [2.24, 2.45) is 4.99 Å². The second-order valence-electron chi connectivity index (χ2n) is 4.94. The van der Waals surface area contributed by atoms with E-state index in [-0.39, 0.29) is 6.04 Å². The van der Waals surface area contributed by atoms with Crippen LogP contribution in [0.25, 0.3) is 0 Å². The highest BCUT2D eigenvalue weighted by molar-refractivity contribution is 6.30. The van der Waals surface area contributed by atoms with Crippen molar-refractivity contribution < 1.29 is 0 Å². The Balaban J connectivity index is 1.93. The van der Waals surface area contributed by atoms with Crippen molar-refractivity contribution in [3.05, 3.63) is 70.2 Å². The van der Waals surface area contributed by atoms with E-state index in [9.17, 15) is 0 Å². The van der Waals surface area contributed by atoms with Gasteiger partial charge in [-0.05, 0) is 29.3 Å². The van der Waals surface area contributed by atoms with Gasteiger partial charge in [0.2, 0.25) is 0 Å². The van der Waals surface area contributed by atoms with Gasteiger partial charge in [0.25, 0.3) is 0 Å². The summed E-state index contributed by atoms with van der Waals surface area (Å²) in [4.78, 5) is 7.03. The van der Waals surface area contributed by atoms with Gasteiger partial charge in [0.05, 0.1) is 12.6 Å². The summed E-state index contributed by atoms with van der Waals surface area (Å²) >= 11 is 6.17. The van der Waals surface area contributed by atoms with Crippen LogP contribution < -0.4 is 0 Å². The molecule has 2 aromatic carbocycles. The SMILES string of the molecule is Clc1ccc2c(c1)C(c1ccccc1)N1CCN=C21. The molecular formula is C16H13ClN2. The molecule has 1 unspecified atom stereocenters. The number of rotatable bonds is 1. The van der Waals surface area contributed by atoms with Crippen LogP contribution in [0, 0.1) is 0 Å². The highest BCUT2D eigenvalue weighted by atomic mass is 35.5. The third kappa shape index (κ3) is 1.60. The van der Waals surface area contributed by atoms with Crippen LogP contribution in [0.5, 0.6) is 0 Å². The van der Waals surface area contributed by atoms with Crippen molar-refractivity contribution in [3.63, 3.8) is 0 Å². The number of nitrogens with zero attached hydrogens (tertiary/aromatic N) is 2. The first-order valence-electron chi connectivity index (χ1n) is 6.50. The zero-order valence-corrected chi connectivity index (χ0v) is 11.1. The zero-order chi connectivity index (χ0) is 12.8.